The number of hydroxylamine groups is 2. The molecule has 0 fully saturated rings. The van der Waals surface area contributed by atoms with Crippen molar-refractivity contribution in [1.82, 2.24) is 11.0 Å². The molecule has 0 saturated heterocycles. The van der Waals surface area contributed by atoms with Crippen molar-refractivity contribution in [3.63, 3.8) is 0 Å². The Morgan fingerprint density at radius 1 is 0.409 bits per heavy atom. The second kappa shape index (κ2) is 21.9. The second-order valence-electron chi connectivity index (χ2n) is 10.2. The van der Waals surface area contributed by atoms with Gasteiger partial charge >= 0.3 is 11.9 Å². The molecule has 238 valence electrons. The molecular formula is C32H42N4O8. The van der Waals surface area contributed by atoms with Crippen LogP contribution in [0.2, 0.25) is 0 Å². The van der Waals surface area contributed by atoms with Crippen LogP contribution >= 0.6 is 0 Å². The summed E-state index contributed by atoms with van der Waals surface area (Å²) in [6.07, 6.45) is 6.00. The van der Waals surface area contributed by atoms with Crippen molar-refractivity contribution < 1.29 is 38.4 Å². The third-order valence-electron chi connectivity index (χ3n) is 6.32. The lowest BCUT2D eigenvalue weighted by molar-refractivity contribution is -0.163. The molecule has 2 rings (SSSR count). The maximum atomic E-state index is 11.9. The van der Waals surface area contributed by atoms with E-state index in [0.717, 1.165) is 37.1 Å². The fraction of sp³-hybridized carbons (Fsp3) is 0.438. The number of carbonyl (C=O) groups excluding carboxylic acids is 6. The van der Waals surface area contributed by atoms with Crippen LogP contribution in [0.3, 0.4) is 0 Å². The van der Waals surface area contributed by atoms with Crippen LogP contribution in [-0.4, -0.2) is 35.6 Å². The minimum absolute atomic E-state index is 0.0578. The van der Waals surface area contributed by atoms with Crippen LogP contribution in [0.4, 0.5) is 11.4 Å². The fourth-order valence-electron chi connectivity index (χ4n) is 3.98. The number of para-hydroxylation sites is 2. The summed E-state index contributed by atoms with van der Waals surface area (Å²) in [4.78, 5) is 80.3. The smallest absolute Gasteiger partial charge is 0.332 e. The first kappa shape index (κ1) is 35.5. The van der Waals surface area contributed by atoms with Gasteiger partial charge in [-0.25, -0.2) is 9.59 Å². The Morgan fingerprint density at radius 2 is 0.727 bits per heavy atom. The summed E-state index contributed by atoms with van der Waals surface area (Å²) < 4.78 is 0. The van der Waals surface area contributed by atoms with Crippen molar-refractivity contribution in [3.05, 3.63) is 60.7 Å². The van der Waals surface area contributed by atoms with Crippen molar-refractivity contribution >= 4 is 46.9 Å². The number of hydrogen-bond donors (Lipinski definition) is 4. The maximum absolute atomic E-state index is 11.9. The van der Waals surface area contributed by atoms with Crippen LogP contribution in [-0.2, 0) is 38.4 Å². The van der Waals surface area contributed by atoms with E-state index < -0.39 is 23.8 Å². The van der Waals surface area contributed by atoms with Crippen molar-refractivity contribution in [2.75, 3.05) is 10.6 Å². The van der Waals surface area contributed by atoms with Crippen LogP contribution in [0.15, 0.2) is 60.7 Å². The summed E-state index contributed by atoms with van der Waals surface area (Å²) in [6, 6.07) is 18.4. The Labute approximate surface area is 257 Å². The lowest BCUT2D eigenvalue weighted by atomic mass is 10.1. The predicted molar refractivity (Wildman–Crippen MR) is 163 cm³/mol. The highest BCUT2D eigenvalue weighted by Gasteiger charge is 2.13. The number of amides is 4. The van der Waals surface area contributed by atoms with Gasteiger partial charge < -0.3 is 20.3 Å². The topological polar surface area (TPSA) is 169 Å². The highest BCUT2D eigenvalue weighted by Crippen LogP contribution is 2.11. The molecule has 4 N–H and O–H groups in total. The van der Waals surface area contributed by atoms with Gasteiger partial charge in [0.05, 0.1) is 12.8 Å². The van der Waals surface area contributed by atoms with Gasteiger partial charge in [-0.3, -0.25) is 19.2 Å². The summed E-state index contributed by atoms with van der Waals surface area (Å²) in [6.45, 7) is 0. The molecule has 0 radical (unpaired) electrons. The number of anilines is 2. The Kier molecular flexibility index (Phi) is 17.6. The Bertz CT molecular complexity index is 1100. The molecular weight excluding hydrogens is 568 g/mol. The summed E-state index contributed by atoms with van der Waals surface area (Å²) in [5.74, 6) is -2.68. The first-order valence-electron chi connectivity index (χ1n) is 15.0. The lowest BCUT2D eigenvalue weighted by Gasteiger charge is -2.07. The summed E-state index contributed by atoms with van der Waals surface area (Å²) in [5.41, 5.74) is 5.61. The van der Waals surface area contributed by atoms with Gasteiger partial charge in [0.25, 0.3) is 11.8 Å². The minimum atomic E-state index is -0.816. The first-order chi connectivity index (χ1) is 21.3. The van der Waals surface area contributed by atoms with E-state index >= 15 is 0 Å². The Balaban J connectivity index is 1.38. The van der Waals surface area contributed by atoms with E-state index in [0.29, 0.717) is 38.5 Å². The van der Waals surface area contributed by atoms with E-state index in [1.54, 1.807) is 0 Å². The molecule has 0 aliphatic heterocycles. The molecule has 4 amide bonds. The maximum Gasteiger partial charge on any atom is 0.332 e. The molecule has 0 spiro atoms. The standard InChI is InChI=1S/C32H42N4O8/c37-27(33-25-15-7-5-8-16-25)19-11-1-3-13-21-29(39)35-43-31(41)23-24-32(42)44-36-30(40)22-14-4-2-12-20-28(38)34-26-17-9-6-10-18-26/h5-10,15-18H,1-4,11-14,19-24H2,(H,33,37)(H,34,38)(H,35,39)(H,36,40). The van der Waals surface area contributed by atoms with Crippen molar-refractivity contribution in [1.29, 1.82) is 0 Å². The molecule has 0 aliphatic carbocycles. The van der Waals surface area contributed by atoms with Gasteiger partial charge in [-0.05, 0) is 49.9 Å². The van der Waals surface area contributed by atoms with E-state index in [1.807, 2.05) is 60.7 Å². The van der Waals surface area contributed by atoms with Gasteiger partial charge in [-0.1, -0.05) is 62.1 Å². The number of nitrogens with one attached hydrogen (secondary N) is 4. The van der Waals surface area contributed by atoms with Crippen LogP contribution in [0.5, 0.6) is 0 Å². The predicted octanol–water partition coefficient (Wildman–Crippen LogP) is 4.87. The molecule has 0 aliphatic rings. The van der Waals surface area contributed by atoms with Gasteiger partial charge in [-0.2, -0.15) is 11.0 Å². The van der Waals surface area contributed by atoms with Gasteiger partial charge in [0, 0.05) is 37.1 Å². The van der Waals surface area contributed by atoms with Gasteiger partial charge in [-0.15, -0.1) is 0 Å². The highest BCUT2D eigenvalue weighted by molar-refractivity contribution is 5.91. The van der Waals surface area contributed by atoms with Gasteiger partial charge in [0.15, 0.2) is 0 Å². The van der Waals surface area contributed by atoms with Gasteiger partial charge in [0.2, 0.25) is 11.8 Å². The van der Waals surface area contributed by atoms with Crippen LogP contribution in [0.1, 0.15) is 89.9 Å². The third-order valence-corrected chi connectivity index (χ3v) is 6.32. The summed E-state index contributed by atoms with van der Waals surface area (Å²) in [7, 11) is 0. The number of unbranched alkanes of at least 4 members (excludes halogenated alkanes) is 6. The minimum Gasteiger partial charge on any atom is -0.341 e. The monoisotopic (exact) mass is 610 g/mol. The normalized spacial score (nSPS) is 10.3. The highest BCUT2D eigenvalue weighted by atomic mass is 16.7. The molecule has 0 saturated carbocycles. The van der Waals surface area contributed by atoms with E-state index in [1.165, 1.54) is 0 Å². The first-order valence-corrected chi connectivity index (χ1v) is 15.0. The molecule has 0 bridgehead atoms. The molecule has 0 unspecified atom stereocenters. The van der Waals surface area contributed by atoms with E-state index in [9.17, 15) is 28.8 Å². The van der Waals surface area contributed by atoms with E-state index in [-0.39, 0.29) is 37.5 Å². The fourth-order valence-corrected chi connectivity index (χ4v) is 3.98. The average Bonchev–Trinajstić information content (AvgIpc) is 3.02. The Hall–Kier alpha value is -4.74. The van der Waals surface area contributed by atoms with Crippen molar-refractivity contribution in [2.45, 2.75) is 89.9 Å². The van der Waals surface area contributed by atoms with Crippen LogP contribution in [0, 0.1) is 0 Å². The van der Waals surface area contributed by atoms with Crippen LogP contribution < -0.4 is 21.6 Å². The zero-order valence-corrected chi connectivity index (χ0v) is 24.9. The zero-order valence-electron chi connectivity index (χ0n) is 24.9. The molecule has 12 nitrogen and oxygen atoms in total. The van der Waals surface area contributed by atoms with Crippen LogP contribution in [0.25, 0.3) is 0 Å². The lowest BCUT2D eigenvalue weighted by Crippen LogP contribution is -2.29. The number of benzene rings is 2. The molecule has 0 atom stereocenters. The number of hydrogen-bond acceptors (Lipinski definition) is 8. The molecule has 2 aromatic carbocycles. The summed E-state index contributed by atoms with van der Waals surface area (Å²) in [5, 5.41) is 5.64. The largest absolute Gasteiger partial charge is 0.341 e. The molecule has 0 heterocycles. The summed E-state index contributed by atoms with van der Waals surface area (Å²) >= 11 is 0. The number of rotatable bonds is 19. The molecule has 44 heavy (non-hydrogen) atoms. The quantitative estimate of drug-likeness (QED) is 0.129. The number of carbonyl (C=O) groups is 6. The zero-order chi connectivity index (χ0) is 31.8. The van der Waals surface area contributed by atoms with E-state index in [2.05, 4.69) is 31.3 Å². The second-order valence-corrected chi connectivity index (χ2v) is 10.2. The molecule has 12 heteroatoms. The van der Waals surface area contributed by atoms with Crippen molar-refractivity contribution in [3.8, 4) is 0 Å². The van der Waals surface area contributed by atoms with E-state index in [4.69, 9.17) is 0 Å². The Morgan fingerprint density at radius 3 is 1.07 bits per heavy atom. The average molecular weight is 611 g/mol. The van der Waals surface area contributed by atoms with Gasteiger partial charge in [0.1, 0.15) is 0 Å². The van der Waals surface area contributed by atoms with Crippen molar-refractivity contribution in [2.24, 2.45) is 0 Å². The molecule has 0 aromatic heterocycles. The molecule has 2 aromatic rings. The SMILES string of the molecule is O=C(CCCCCCC(=O)Nc1ccccc1)NOC(=O)CCC(=O)ONC(=O)CCCCCCC(=O)Nc1ccccc1. The third kappa shape index (κ3) is 17.9.